The fourth-order valence-electron chi connectivity index (χ4n) is 1.31. The predicted molar refractivity (Wildman–Crippen MR) is 63.8 cm³/mol. The van der Waals surface area contributed by atoms with Crippen molar-refractivity contribution in [2.75, 3.05) is 11.5 Å². The van der Waals surface area contributed by atoms with Crippen LogP contribution in [0.3, 0.4) is 0 Å². The Balaban J connectivity index is 1.92. The van der Waals surface area contributed by atoms with Gasteiger partial charge in [0.2, 0.25) is 0 Å². The summed E-state index contributed by atoms with van der Waals surface area (Å²) in [4.78, 5) is 4.74. The molecule has 0 aliphatic rings. The van der Waals surface area contributed by atoms with E-state index >= 15 is 0 Å². The highest BCUT2D eigenvalue weighted by Gasteiger charge is 2.01. The Bertz CT molecular complexity index is 456. The van der Waals surface area contributed by atoms with Crippen molar-refractivity contribution >= 4 is 17.4 Å². The molecule has 0 bridgehead atoms. The van der Waals surface area contributed by atoms with E-state index < -0.39 is 0 Å². The lowest BCUT2D eigenvalue weighted by Gasteiger charge is -2.05. The van der Waals surface area contributed by atoms with Crippen molar-refractivity contribution in [3.05, 3.63) is 42.7 Å². The van der Waals surface area contributed by atoms with E-state index in [1.807, 2.05) is 10.8 Å². The number of rotatable bonds is 4. The van der Waals surface area contributed by atoms with E-state index in [0.29, 0.717) is 5.69 Å². The van der Waals surface area contributed by atoms with Crippen molar-refractivity contribution in [1.29, 1.82) is 0 Å². The molecule has 2 rings (SSSR count). The average molecular weight is 237 g/mol. The van der Waals surface area contributed by atoms with Crippen LogP contribution in [0, 0.1) is 5.82 Å². The number of hydrogen-bond acceptors (Lipinski definition) is 3. The van der Waals surface area contributed by atoms with Gasteiger partial charge in [0.15, 0.2) is 0 Å². The van der Waals surface area contributed by atoms with E-state index in [-0.39, 0.29) is 5.82 Å². The molecule has 1 aromatic heterocycles. The number of benzene rings is 1. The summed E-state index contributed by atoms with van der Waals surface area (Å²) in [7, 11) is 0. The molecule has 3 nitrogen and oxygen atoms in total. The summed E-state index contributed by atoms with van der Waals surface area (Å²) in [6.45, 7) is 0.834. The largest absolute Gasteiger partial charge is 0.398 e. The van der Waals surface area contributed by atoms with E-state index in [0.717, 1.165) is 17.2 Å². The molecule has 0 spiro atoms. The summed E-state index contributed by atoms with van der Waals surface area (Å²) in [6, 6.07) is 4.43. The van der Waals surface area contributed by atoms with Gasteiger partial charge in [0.05, 0.1) is 6.33 Å². The summed E-state index contributed by atoms with van der Waals surface area (Å²) in [5.74, 6) is 0.587. The molecule has 0 radical (unpaired) electrons. The zero-order chi connectivity index (χ0) is 11.4. The lowest BCUT2D eigenvalue weighted by molar-refractivity contribution is 0.624. The second-order valence-electron chi connectivity index (χ2n) is 3.33. The molecular formula is C11H12FN3S. The number of anilines is 1. The van der Waals surface area contributed by atoms with Gasteiger partial charge < -0.3 is 10.3 Å². The van der Waals surface area contributed by atoms with Crippen LogP contribution in [0.4, 0.5) is 10.1 Å². The second kappa shape index (κ2) is 5.03. The van der Waals surface area contributed by atoms with Gasteiger partial charge in [-0.05, 0) is 18.2 Å². The quantitative estimate of drug-likeness (QED) is 0.656. The summed E-state index contributed by atoms with van der Waals surface area (Å²) in [5, 5.41) is 0. The van der Waals surface area contributed by atoms with Gasteiger partial charge in [0.25, 0.3) is 0 Å². The van der Waals surface area contributed by atoms with Crippen molar-refractivity contribution in [2.45, 2.75) is 11.4 Å². The number of nitrogens with zero attached hydrogens (tertiary/aromatic N) is 2. The van der Waals surface area contributed by atoms with E-state index in [9.17, 15) is 4.39 Å². The van der Waals surface area contributed by atoms with Crippen LogP contribution >= 0.6 is 11.8 Å². The maximum absolute atomic E-state index is 13.0. The number of thioether (sulfide) groups is 1. The SMILES string of the molecule is Nc1ccc(F)cc1SCCn1ccnc1. The topological polar surface area (TPSA) is 43.8 Å². The van der Waals surface area contributed by atoms with E-state index in [2.05, 4.69) is 4.98 Å². The second-order valence-corrected chi connectivity index (χ2v) is 4.47. The van der Waals surface area contributed by atoms with Crippen LogP contribution in [0.5, 0.6) is 0 Å². The Morgan fingerprint density at radius 2 is 2.31 bits per heavy atom. The maximum Gasteiger partial charge on any atom is 0.124 e. The minimum Gasteiger partial charge on any atom is -0.398 e. The van der Waals surface area contributed by atoms with Crippen LogP contribution < -0.4 is 5.73 Å². The predicted octanol–water partition coefficient (Wildman–Crippen LogP) is 2.40. The van der Waals surface area contributed by atoms with E-state index in [4.69, 9.17) is 5.73 Å². The number of aromatic nitrogens is 2. The van der Waals surface area contributed by atoms with Crippen molar-refractivity contribution in [1.82, 2.24) is 9.55 Å². The average Bonchev–Trinajstić information content (AvgIpc) is 2.76. The smallest absolute Gasteiger partial charge is 0.124 e. The zero-order valence-electron chi connectivity index (χ0n) is 8.64. The molecule has 0 aliphatic carbocycles. The van der Waals surface area contributed by atoms with Crippen LogP contribution in [0.15, 0.2) is 41.8 Å². The number of halogens is 1. The van der Waals surface area contributed by atoms with Crippen molar-refractivity contribution in [3.63, 3.8) is 0 Å². The van der Waals surface area contributed by atoms with Crippen LogP contribution in [0.2, 0.25) is 0 Å². The Morgan fingerprint density at radius 1 is 1.44 bits per heavy atom. The molecule has 2 aromatic rings. The molecule has 0 unspecified atom stereocenters. The van der Waals surface area contributed by atoms with Crippen LogP contribution in [0.1, 0.15) is 0 Å². The first-order chi connectivity index (χ1) is 7.75. The lowest BCUT2D eigenvalue weighted by Crippen LogP contribution is -1.98. The molecule has 0 fully saturated rings. The number of imidazole rings is 1. The molecule has 16 heavy (non-hydrogen) atoms. The summed E-state index contributed by atoms with van der Waals surface area (Å²) in [5.41, 5.74) is 6.36. The molecule has 0 saturated carbocycles. The molecule has 0 amide bonds. The van der Waals surface area contributed by atoms with Gasteiger partial charge in [-0.25, -0.2) is 9.37 Å². The standard InChI is InChI=1S/C11H12FN3S/c12-9-1-2-10(13)11(7-9)16-6-5-15-4-3-14-8-15/h1-4,7-8H,5-6,13H2. The molecule has 0 aliphatic heterocycles. The molecule has 2 N–H and O–H groups in total. The zero-order valence-corrected chi connectivity index (χ0v) is 9.45. The maximum atomic E-state index is 13.0. The van der Waals surface area contributed by atoms with Crippen molar-refractivity contribution < 1.29 is 4.39 Å². The van der Waals surface area contributed by atoms with Crippen LogP contribution in [-0.4, -0.2) is 15.3 Å². The third-order valence-electron chi connectivity index (χ3n) is 2.14. The highest BCUT2D eigenvalue weighted by molar-refractivity contribution is 7.99. The Hall–Kier alpha value is -1.49. The van der Waals surface area contributed by atoms with Gasteiger partial charge in [0.1, 0.15) is 5.82 Å². The third-order valence-corrected chi connectivity index (χ3v) is 3.19. The fraction of sp³-hybridized carbons (Fsp3) is 0.182. The molecule has 0 atom stereocenters. The van der Waals surface area contributed by atoms with Gasteiger partial charge in [-0.1, -0.05) is 0 Å². The van der Waals surface area contributed by atoms with Gasteiger partial charge in [-0.3, -0.25) is 0 Å². The monoisotopic (exact) mass is 237 g/mol. The first kappa shape index (κ1) is 11.0. The highest BCUT2D eigenvalue weighted by atomic mass is 32.2. The summed E-state index contributed by atoms with van der Waals surface area (Å²) in [6.07, 6.45) is 5.40. The van der Waals surface area contributed by atoms with Gasteiger partial charge in [-0.15, -0.1) is 11.8 Å². The van der Waals surface area contributed by atoms with Crippen LogP contribution in [0.25, 0.3) is 0 Å². The number of nitrogen functional groups attached to an aromatic ring is 1. The Morgan fingerprint density at radius 3 is 3.06 bits per heavy atom. The molecule has 1 aromatic carbocycles. The molecular weight excluding hydrogens is 225 g/mol. The van der Waals surface area contributed by atoms with Gasteiger partial charge >= 0.3 is 0 Å². The normalized spacial score (nSPS) is 10.6. The minimum atomic E-state index is -0.251. The molecule has 84 valence electrons. The minimum absolute atomic E-state index is 0.251. The summed E-state index contributed by atoms with van der Waals surface area (Å²) < 4.78 is 14.9. The first-order valence-electron chi connectivity index (χ1n) is 4.89. The van der Waals surface area contributed by atoms with Crippen LogP contribution in [-0.2, 0) is 6.54 Å². The fourth-order valence-corrected chi connectivity index (χ4v) is 2.27. The molecule has 0 saturated heterocycles. The lowest BCUT2D eigenvalue weighted by atomic mass is 10.3. The number of hydrogen-bond donors (Lipinski definition) is 1. The molecule has 1 heterocycles. The van der Waals surface area contributed by atoms with E-state index in [1.54, 1.807) is 30.4 Å². The first-order valence-corrected chi connectivity index (χ1v) is 5.88. The number of nitrogens with two attached hydrogens (primary N) is 1. The van der Waals surface area contributed by atoms with E-state index in [1.165, 1.54) is 12.1 Å². The van der Waals surface area contributed by atoms with Crippen molar-refractivity contribution in [3.8, 4) is 0 Å². The summed E-state index contributed by atoms with van der Waals surface area (Å²) >= 11 is 1.55. The number of aryl methyl sites for hydroxylation is 1. The van der Waals surface area contributed by atoms with Gasteiger partial charge in [-0.2, -0.15) is 0 Å². The molecule has 5 heteroatoms. The van der Waals surface area contributed by atoms with Gasteiger partial charge in [0, 0.05) is 35.3 Å². The Kier molecular flexibility index (Phi) is 3.46. The Labute approximate surface area is 97.5 Å². The highest BCUT2D eigenvalue weighted by Crippen LogP contribution is 2.25. The third kappa shape index (κ3) is 2.76. The van der Waals surface area contributed by atoms with Crippen molar-refractivity contribution in [2.24, 2.45) is 0 Å².